The predicted octanol–water partition coefficient (Wildman–Crippen LogP) is 14.9. The average molecular weight is 895 g/mol. The zero-order chi connectivity index (χ0) is 45.2. The van der Waals surface area contributed by atoms with Crippen LogP contribution in [-0.4, -0.2) is 16.1 Å². The Balaban J connectivity index is 1.07. The Hall–Kier alpha value is -7.58. The number of rotatable bonds is 7. The summed E-state index contributed by atoms with van der Waals surface area (Å²) in [4.78, 5) is 4.73. The summed E-state index contributed by atoms with van der Waals surface area (Å²) in [6.45, 7) is 9.90. The van der Waals surface area contributed by atoms with Crippen molar-refractivity contribution < 1.29 is 4.39 Å². The highest BCUT2D eigenvalue weighted by atomic mass is 28.3. The Morgan fingerprint density at radius 1 is 0.358 bits per heavy atom. The summed E-state index contributed by atoms with van der Waals surface area (Å²) < 4.78 is 17.3. The van der Waals surface area contributed by atoms with Gasteiger partial charge in [0.05, 0.1) is 17.1 Å². The number of benzene rings is 11. The molecular formula is C62H47FN2Si2. The third-order valence-electron chi connectivity index (χ3n) is 15.0. The monoisotopic (exact) mass is 894 g/mol. The Bertz CT molecular complexity index is 3790. The second-order valence-electron chi connectivity index (χ2n) is 19.4. The smallest absolute Gasteiger partial charge is 0.147 e. The lowest BCUT2D eigenvalue weighted by Gasteiger charge is -2.33. The minimum Gasteiger partial charge on any atom is -0.310 e. The molecule has 0 saturated heterocycles. The normalized spacial score (nSPS) is 14.0. The van der Waals surface area contributed by atoms with Crippen LogP contribution in [0.5, 0.6) is 0 Å². The van der Waals surface area contributed by atoms with E-state index >= 15 is 4.39 Å². The fourth-order valence-electron chi connectivity index (χ4n) is 12.0. The molecule has 0 atom stereocenters. The quantitative estimate of drug-likeness (QED) is 0.116. The number of hydrogen-bond donors (Lipinski definition) is 0. The third kappa shape index (κ3) is 5.78. The van der Waals surface area contributed by atoms with E-state index in [2.05, 4.69) is 218 Å². The molecule has 0 aromatic heterocycles. The van der Waals surface area contributed by atoms with Gasteiger partial charge in [0.25, 0.3) is 0 Å². The highest BCUT2D eigenvalue weighted by Crippen LogP contribution is 2.50. The van der Waals surface area contributed by atoms with Crippen molar-refractivity contribution in [3.05, 3.63) is 218 Å². The lowest BCUT2D eigenvalue weighted by Crippen LogP contribution is -2.50. The van der Waals surface area contributed by atoms with E-state index in [1.54, 1.807) is 6.07 Å². The van der Waals surface area contributed by atoms with Crippen molar-refractivity contribution in [1.29, 1.82) is 0 Å². The standard InChI is InChI=1S/C62H47FN2Si2/c1-66(2)56-27-13-11-21-46(56)48-36-33-44(39-58(48)66)65(61-45(23-15-25-52(61)63)40-17-7-5-8-18-40)54-38-32-42-29-34-50-53(37-31-41-30-35-51(54)60(42)59(41)50)64(43-19-9-6-10-20-43)55-26-16-24-49-47-22-12-14-28-57(47)67(3,4)62(49)55/h5-39H,1-4H3. The summed E-state index contributed by atoms with van der Waals surface area (Å²) in [6.07, 6.45) is 0. The molecule has 2 heterocycles. The van der Waals surface area contributed by atoms with Gasteiger partial charge in [0.2, 0.25) is 0 Å². The van der Waals surface area contributed by atoms with E-state index in [4.69, 9.17) is 0 Å². The molecule has 0 unspecified atom stereocenters. The van der Waals surface area contributed by atoms with Gasteiger partial charge in [-0.25, -0.2) is 4.39 Å². The summed E-state index contributed by atoms with van der Waals surface area (Å²) in [7, 11) is -4.20. The average Bonchev–Trinajstić information content (AvgIpc) is 3.74. The van der Waals surface area contributed by atoms with E-state index in [1.165, 1.54) is 70.2 Å². The lowest BCUT2D eigenvalue weighted by molar-refractivity contribution is 0.629. The van der Waals surface area contributed by atoms with Crippen molar-refractivity contribution >= 4 is 103 Å². The van der Waals surface area contributed by atoms with E-state index in [0.717, 1.165) is 44.6 Å². The van der Waals surface area contributed by atoms with Gasteiger partial charge in [-0.3, -0.25) is 0 Å². The van der Waals surface area contributed by atoms with Crippen LogP contribution in [0, 0.1) is 5.82 Å². The topological polar surface area (TPSA) is 6.48 Å². The van der Waals surface area contributed by atoms with Gasteiger partial charge in [-0.1, -0.05) is 190 Å². The molecule has 0 aliphatic carbocycles. The molecule has 320 valence electrons. The van der Waals surface area contributed by atoms with Crippen LogP contribution in [0.2, 0.25) is 26.2 Å². The highest BCUT2D eigenvalue weighted by molar-refractivity contribution is 7.05. The number of nitrogens with zero attached hydrogens (tertiary/aromatic N) is 2. The predicted molar refractivity (Wildman–Crippen MR) is 289 cm³/mol. The van der Waals surface area contributed by atoms with Gasteiger partial charge in [0.15, 0.2) is 0 Å². The Morgan fingerprint density at radius 2 is 0.881 bits per heavy atom. The van der Waals surface area contributed by atoms with Crippen molar-refractivity contribution in [3.63, 3.8) is 0 Å². The van der Waals surface area contributed by atoms with Crippen molar-refractivity contribution in [1.82, 2.24) is 0 Å². The molecule has 0 amide bonds. The Labute approximate surface area is 393 Å². The molecule has 0 saturated carbocycles. The van der Waals surface area contributed by atoms with Gasteiger partial charge in [0, 0.05) is 33.4 Å². The van der Waals surface area contributed by atoms with Crippen LogP contribution < -0.4 is 30.5 Å². The molecular weight excluding hydrogens is 848 g/mol. The van der Waals surface area contributed by atoms with E-state index in [0.29, 0.717) is 5.69 Å². The number of fused-ring (bicyclic) bond motifs is 6. The first-order valence-electron chi connectivity index (χ1n) is 23.4. The van der Waals surface area contributed by atoms with Crippen LogP contribution in [0.3, 0.4) is 0 Å². The highest BCUT2D eigenvalue weighted by Gasteiger charge is 2.41. The molecule has 0 bridgehead atoms. The first kappa shape index (κ1) is 39.8. The molecule has 0 N–H and O–H groups in total. The van der Waals surface area contributed by atoms with Crippen molar-refractivity contribution in [3.8, 4) is 33.4 Å². The summed E-state index contributed by atoms with van der Waals surface area (Å²) in [6, 6.07) is 76.5. The SMILES string of the molecule is C[Si]1(C)c2ccccc2-c2ccc(N(c3c(F)cccc3-c3ccccc3)c3ccc4ccc5c(N(c6ccccc6)c6cccc7c6[Si](C)(C)c6ccccc6-7)ccc6ccc3c4c65)cc21. The van der Waals surface area contributed by atoms with Gasteiger partial charge >= 0.3 is 0 Å². The minimum atomic E-state index is -2.11. The van der Waals surface area contributed by atoms with Crippen LogP contribution in [0.25, 0.3) is 65.7 Å². The number of para-hydroxylation sites is 2. The van der Waals surface area contributed by atoms with Crippen LogP contribution in [0.15, 0.2) is 212 Å². The largest absolute Gasteiger partial charge is 0.310 e. The first-order valence-corrected chi connectivity index (χ1v) is 29.4. The number of hydrogen-bond acceptors (Lipinski definition) is 2. The first-order chi connectivity index (χ1) is 32.7. The maximum absolute atomic E-state index is 17.3. The molecule has 0 fully saturated rings. The molecule has 67 heavy (non-hydrogen) atoms. The fraction of sp³-hybridized carbons (Fsp3) is 0.0645. The van der Waals surface area contributed by atoms with E-state index in [-0.39, 0.29) is 5.82 Å². The van der Waals surface area contributed by atoms with Gasteiger partial charge in [-0.2, -0.15) is 0 Å². The van der Waals surface area contributed by atoms with E-state index in [9.17, 15) is 0 Å². The Morgan fingerprint density at radius 3 is 1.57 bits per heavy atom. The maximum Gasteiger partial charge on any atom is 0.147 e. The summed E-state index contributed by atoms with van der Waals surface area (Å²) in [5.41, 5.74) is 13.1. The van der Waals surface area contributed by atoms with Crippen LogP contribution >= 0.6 is 0 Å². The molecule has 2 nitrogen and oxygen atoms in total. The molecule has 5 heteroatoms. The molecule has 0 spiro atoms. The van der Waals surface area contributed by atoms with Crippen molar-refractivity contribution in [2.24, 2.45) is 0 Å². The molecule has 2 aliphatic rings. The minimum absolute atomic E-state index is 0.267. The fourth-order valence-corrected chi connectivity index (χ4v) is 18.5. The van der Waals surface area contributed by atoms with Crippen LogP contribution in [0.1, 0.15) is 0 Å². The zero-order valence-corrected chi connectivity index (χ0v) is 40.0. The van der Waals surface area contributed by atoms with E-state index in [1.807, 2.05) is 24.3 Å². The Kier molecular flexibility index (Phi) is 8.73. The second-order valence-corrected chi connectivity index (χ2v) is 28.0. The molecule has 11 aromatic carbocycles. The number of halogens is 1. The zero-order valence-electron chi connectivity index (χ0n) is 38.0. The molecule has 2 aliphatic heterocycles. The summed E-state index contributed by atoms with van der Waals surface area (Å²) >= 11 is 0. The van der Waals surface area contributed by atoms with Crippen LogP contribution in [0.4, 0.5) is 38.5 Å². The van der Waals surface area contributed by atoms with Crippen molar-refractivity contribution in [2.45, 2.75) is 26.2 Å². The molecule has 0 radical (unpaired) electrons. The van der Waals surface area contributed by atoms with Gasteiger partial charge in [0.1, 0.15) is 22.0 Å². The second kappa shape index (κ2) is 14.7. The summed E-state index contributed by atoms with van der Waals surface area (Å²) in [5.74, 6) is -0.267. The number of anilines is 6. The maximum atomic E-state index is 17.3. The van der Waals surface area contributed by atoms with E-state index < -0.39 is 16.1 Å². The molecule has 13 rings (SSSR count). The van der Waals surface area contributed by atoms with Gasteiger partial charge in [-0.15, -0.1) is 0 Å². The lowest BCUT2D eigenvalue weighted by atomic mass is 9.91. The van der Waals surface area contributed by atoms with Gasteiger partial charge in [-0.05, 0) is 119 Å². The van der Waals surface area contributed by atoms with Crippen LogP contribution in [-0.2, 0) is 0 Å². The molecule has 11 aromatic rings. The van der Waals surface area contributed by atoms with Crippen molar-refractivity contribution in [2.75, 3.05) is 9.80 Å². The summed E-state index contributed by atoms with van der Waals surface area (Å²) in [5, 5.41) is 12.7. The van der Waals surface area contributed by atoms with Gasteiger partial charge < -0.3 is 9.80 Å². The third-order valence-corrected chi connectivity index (χ3v) is 22.1.